The molecule has 0 aliphatic heterocycles. The highest BCUT2D eigenvalue weighted by Gasteiger charge is 2.18. The molecule has 1 unspecified atom stereocenters. The molecule has 0 spiro atoms. The fourth-order valence-corrected chi connectivity index (χ4v) is 3.29. The monoisotopic (exact) mass is 342 g/mol. The van der Waals surface area contributed by atoms with Gasteiger partial charge in [0, 0.05) is 11.4 Å². The molecule has 0 aliphatic rings. The van der Waals surface area contributed by atoms with E-state index in [2.05, 4.69) is 16.3 Å². The summed E-state index contributed by atoms with van der Waals surface area (Å²) in [6.45, 7) is 0.509. The van der Waals surface area contributed by atoms with Crippen LogP contribution in [0, 0.1) is 0 Å². The molecule has 1 aromatic heterocycles. The molecule has 0 bridgehead atoms. The normalized spacial score (nSPS) is 12.4. The highest BCUT2D eigenvalue weighted by atomic mass is 35.5. The number of hydrogen-bond acceptors (Lipinski definition) is 3. The van der Waals surface area contributed by atoms with Crippen LogP contribution in [0.2, 0.25) is 10.0 Å². The fraction of sp³-hybridized carbons (Fsp3) is 0.267. The number of carbonyl (C=O) groups excluding carboxylic acids is 1. The number of nitrogens with one attached hydrogen (secondary N) is 1. The molecule has 1 heterocycles. The maximum atomic E-state index is 12.2. The van der Waals surface area contributed by atoms with Crippen LogP contribution < -0.4 is 5.32 Å². The van der Waals surface area contributed by atoms with Crippen molar-refractivity contribution in [2.75, 3.05) is 20.6 Å². The Labute approximate surface area is 138 Å². The number of benzene rings is 1. The van der Waals surface area contributed by atoms with E-state index in [9.17, 15) is 4.79 Å². The van der Waals surface area contributed by atoms with Gasteiger partial charge in [-0.15, -0.1) is 11.3 Å². The van der Waals surface area contributed by atoms with Crippen molar-refractivity contribution >= 4 is 40.4 Å². The summed E-state index contributed by atoms with van der Waals surface area (Å²) >= 11 is 13.7. The number of halogens is 2. The third-order valence-corrected chi connectivity index (χ3v) is 4.94. The Kier molecular flexibility index (Phi) is 5.65. The first kappa shape index (κ1) is 16.3. The van der Waals surface area contributed by atoms with E-state index in [1.165, 1.54) is 4.88 Å². The predicted molar refractivity (Wildman–Crippen MR) is 89.5 cm³/mol. The molecule has 0 saturated carbocycles. The smallest absolute Gasteiger partial charge is 0.252 e. The van der Waals surface area contributed by atoms with E-state index in [0.717, 1.165) is 0 Å². The number of likely N-dealkylation sites (N-methyl/N-ethyl adjacent to an activating group) is 1. The Morgan fingerprint density at radius 3 is 2.67 bits per heavy atom. The Balaban J connectivity index is 2.07. The molecule has 2 rings (SSSR count). The quantitative estimate of drug-likeness (QED) is 0.887. The Hall–Kier alpha value is -1.07. The lowest BCUT2D eigenvalue weighted by Gasteiger charge is -2.23. The van der Waals surface area contributed by atoms with Crippen LogP contribution in [0.1, 0.15) is 21.3 Å². The molecule has 0 radical (unpaired) electrons. The maximum absolute atomic E-state index is 12.2. The van der Waals surface area contributed by atoms with Gasteiger partial charge in [0.25, 0.3) is 5.91 Å². The van der Waals surface area contributed by atoms with Gasteiger partial charge in [0.15, 0.2) is 0 Å². The second-order valence-corrected chi connectivity index (χ2v) is 6.57. The highest BCUT2D eigenvalue weighted by molar-refractivity contribution is 7.10. The van der Waals surface area contributed by atoms with Gasteiger partial charge in [-0.2, -0.15) is 0 Å². The topological polar surface area (TPSA) is 32.3 Å². The lowest BCUT2D eigenvalue weighted by atomic mass is 10.2. The molecule has 21 heavy (non-hydrogen) atoms. The van der Waals surface area contributed by atoms with Crippen LogP contribution in [0.3, 0.4) is 0 Å². The van der Waals surface area contributed by atoms with Gasteiger partial charge in [-0.25, -0.2) is 0 Å². The van der Waals surface area contributed by atoms with E-state index in [1.807, 2.05) is 25.5 Å². The third kappa shape index (κ3) is 3.98. The molecule has 1 amide bonds. The van der Waals surface area contributed by atoms with Crippen molar-refractivity contribution in [3.05, 3.63) is 56.2 Å². The molecule has 112 valence electrons. The molecular weight excluding hydrogens is 327 g/mol. The van der Waals surface area contributed by atoms with Crippen LogP contribution in [-0.4, -0.2) is 31.4 Å². The van der Waals surface area contributed by atoms with Crippen LogP contribution in [-0.2, 0) is 0 Å². The average molecular weight is 343 g/mol. The van der Waals surface area contributed by atoms with Crippen LogP contribution in [0.25, 0.3) is 0 Å². The predicted octanol–water partition coefficient (Wildman–Crippen LogP) is 4.09. The Morgan fingerprint density at radius 2 is 2.05 bits per heavy atom. The molecular formula is C15H16Cl2N2OS. The lowest BCUT2D eigenvalue weighted by Crippen LogP contribution is -2.34. The van der Waals surface area contributed by atoms with Crippen molar-refractivity contribution in [1.82, 2.24) is 10.2 Å². The van der Waals surface area contributed by atoms with Gasteiger partial charge in [-0.05, 0) is 37.7 Å². The van der Waals surface area contributed by atoms with E-state index < -0.39 is 0 Å². The minimum absolute atomic E-state index is 0.131. The molecule has 1 aromatic carbocycles. The highest BCUT2D eigenvalue weighted by Crippen LogP contribution is 2.26. The molecule has 6 heteroatoms. The van der Waals surface area contributed by atoms with Crippen LogP contribution in [0.5, 0.6) is 0 Å². The van der Waals surface area contributed by atoms with Crippen molar-refractivity contribution in [3.8, 4) is 0 Å². The number of nitrogens with zero attached hydrogens (tertiary/aromatic N) is 1. The van der Waals surface area contributed by atoms with Gasteiger partial charge < -0.3 is 10.2 Å². The zero-order chi connectivity index (χ0) is 15.4. The zero-order valence-corrected chi connectivity index (χ0v) is 14.1. The van der Waals surface area contributed by atoms with E-state index >= 15 is 0 Å². The van der Waals surface area contributed by atoms with Gasteiger partial charge in [-0.1, -0.05) is 35.3 Å². The Bertz CT molecular complexity index is 614. The van der Waals surface area contributed by atoms with Crippen molar-refractivity contribution in [2.24, 2.45) is 0 Å². The van der Waals surface area contributed by atoms with Crippen molar-refractivity contribution < 1.29 is 4.79 Å². The lowest BCUT2D eigenvalue weighted by molar-refractivity contribution is 0.0942. The molecule has 0 fully saturated rings. The first-order valence-electron chi connectivity index (χ1n) is 6.42. The molecule has 0 aliphatic carbocycles. The SMILES string of the molecule is CN(C)C(CNC(=O)c1cccc(Cl)c1Cl)c1cccs1. The largest absolute Gasteiger partial charge is 0.350 e. The summed E-state index contributed by atoms with van der Waals surface area (Å²) in [7, 11) is 3.98. The van der Waals surface area contributed by atoms with Gasteiger partial charge in [0.05, 0.1) is 21.7 Å². The summed E-state index contributed by atoms with van der Waals surface area (Å²) in [4.78, 5) is 15.5. The zero-order valence-electron chi connectivity index (χ0n) is 11.8. The number of thiophene rings is 1. The number of amides is 1. The van der Waals surface area contributed by atoms with Crippen molar-refractivity contribution in [1.29, 1.82) is 0 Å². The summed E-state index contributed by atoms with van der Waals surface area (Å²) in [5.74, 6) is -0.217. The number of hydrogen-bond donors (Lipinski definition) is 1. The standard InChI is InChI=1S/C15H16Cl2N2OS/c1-19(2)12(13-7-4-8-21-13)9-18-15(20)10-5-3-6-11(16)14(10)17/h3-8,12H,9H2,1-2H3,(H,18,20). The summed E-state index contributed by atoms with van der Waals surface area (Å²) in [6, 6.07) is 9.24. The van der Waals surface area contributed by atoms with Crippen LogP contribution in [0.4, 0.5) is 0 Å². The van der Waals surface area contributed by atoms with Gasteiger partial charge in [0.2, 0.25) is 0 Å². The first-order valence-corrected chi connectivity index (χ1v) is 8.06. The van der Waals surface area contributed by atoms with E-state index in [4.69, 9.17) is 23.2 Å². The Morgan fingerprint density at radius 1 is 1.29 bits per heavy atom. The van der Waals surface area contributed by atoms with Crippen LogP contribution >= 0.6 is 34.5 Å². The summed E-state index contributed by atoms with van der Waals surface area (Å²) in [5.41, 5.74) is 0.396. The van der Waals surface area contributed by atoms with Gasteiger partial charge in [0.1, 0.15) is 0 Å². The van der Waals surface area contributed by atoms with Crippen molar-refractivity contribution in [3.63, 3.8) is 0 Å². The summed E-state index contributed by atoms with van der Waals surface area (Å²) < 4.78 is 0. The molecule has 1 atom stereocenters. The maximum Gasteiger partial charge on any atom is 0.252 e. The van der Waals surface area contributed by atoms with Gasteiger partial charge in [-0.3, -0.25) is 4.79 Å². The van der Waals surface area contributed by atoms with Crippen LogP contribution in [0.15, 0.2) is 35.7 Å². The van der Waals surface area contributed by atoms with E-state index in [0.29, 0.717) is 17.1 Å². The summed E-state index contributed by atoms with van der Waals surface area (Å²) in [6.07, 6.45) is 0. The third-order valence-electron chi connectivity index (χ3n) is 3.15. The van der Waals surface area contributed by atoms with E-state index in [-0.39, 0.29) is 17.0 Å². The molecule has 1 N–H and O–H groups in total. The minimum Gasteiger partial charge on any atom is -0.350 e. The fourth-order valence-electron chi connectivity index (χ4n) is 1.98. The minimum atomic E-state index is -0.217. The molecule has 2 aromatic rings. The van der Waals surface area contributed by atoms with Crippen molar-refractivity contribution in [2.45, 2.75) is 6.04 Å². The van der Waals surface area contributed by atoms with Gasteiger partial charge >= 0.3 is 0 Å². The first-order chi connectivity index (χ1) is 10.0. The molecule has 0 saturated heterocycles. The number of carbonyl (C=O) groups is 1. The number of rotatable bonds is 5. The second-order valence-electron chi connectivity index (χ2n) is 4.81. The molecule has 3 nitrogen and oxygen atoms in total. The average Bonchev–Trinajstić information content (AvgIpc) is 2.95. The van der Waals surface area contributed by atoms with E-state index in [1.54, 1.807) is 29.5 Å². The summed E-state index contributed by atoms with van der Waals surface area (Å²) in [5, 5.41) is 5.62. The second kappa shape index (κ2) is 7.27.